The average molecular weight is 303 g/mol. The molecule has 22 heavy (non-hydrogen) atoms. The maximum atomic E-state index is 12.2. The van der Waals surface area contributed by atoms with Gasteiger partial charge in [0.25, 0.3) is 5.56 Å². The quantitative estimate of drug-likeness (QED) is 0.910. The molecule has 0 spiro atoms. The summed E-state index contributed by atoms with van der Waals surface area (Å²) in [5.41, 5.74) is 0.299. The molecule has 120 valence electrons. The molecule has 2 heterocycles. The third-order valence-electron chi connectivity index (χ3n) is 4.39. The fourth-order valence-corrected chi connectivity index (χ4v) is 3.19. The molecule has 0 unspecified atom stereocenters. The Morgan fingerprint density at radius 2 is 2.09 bits per heavy atom. The van der Waals surface area contributed by atoms with Crippen LogP contribution in [0.4, 0.5) is 5.95 Å². The van der Waals surface area contributed by atoms with Crippen molar-refractivity contribution in [2.24, 2.45) is 5.92 Å². The van der Waals surface area contributed by atoms with Gasteiger partial charge in [-0.3, -0.25) is 9.78 Å². The number of hydrogen-bond acceptors (Lipinski definition) is 4. The highest BCUT2D eigenvalue weighted by Gasteiger charge is 2.20. The van der Waals surface area contributed by atoms with E-state index in [4.69, 9.17) is 0 Å². The lowest BCUT2D eigenvalue weighted by Crippen LogP contribution is -2.24. The van der Waals surface area contributed by atoms with E-state index in [2.05, 4.69) is 41.2 Å². The van der Waals surface area contributed by atoms with Crippen LogP contribution in [0.5, 0.6) is 0 Å². The standard InChI is InChI=1S/C16H25N5O/c1-16(2,3)21-13-12(10-18-21)14(22)20-15(19-13)17-9-8-11-6-4-5-7-11/h10-11H,4-9H2,1-3H3,(H2,17,19,20,22). The van der Waals surface area contributed by atoms with E-state index in [9.17, 15) is 4.79 Å². The summed E-state index contributed by atoms with van der Waals surface area (Å²) in [6.07, 6.45) is 8.12. The van der Waals surface area contributed by atoms with Crippen LogP contribution in [0.3, 0.4) is 0 Å². The number of nitrogens with one attached hydrogen (secondary N) is 2. The number of aromatic amines is 1. The van der Waals surface area contributed by atoms with E-state index >= 15 is 0 Å². The van der Waals surface area contributed by atoms with Crippen LogP contribution < -0.4 is 10.9 Å². The Balaban J connectivity index is 1.79. The molecule has 6 nitrogen and oxygen atoms in total. The third kappa shape index (κ3) is 3.00. The Morgan fingerprint density at radius 3 is 2.77 bits per heavy atom. The van der Waals surface area contributed by atoms with E-state index in [-0.39, 0.29) is 11.1 Å². The van der Waals surface area contributed by atoms with Crippen molar-refractivity contribution in [3.05, 3.63) is 16.6 Å². The lowest BCUT2D eigenvalue weighted by Gasteiger charge is -2.19. The van der Waals surface area contributed by atoms with Crippen LogP contribution in [0.25, 0.3) is 11.0 Å². The maximum Gasteiger partial charge on any atom is 0.263 e. The van der Waals surface area contributed by atoms with Crippen molar-refractivity contribution in [2.45, 2.75) is 58.4 Å². The molecule has 2 aromatic heterocycles. The molecule has 1 fully saturated rings. The van der Waals surface area contributed by atoms with Crippen molar-refractivity contribution in [3.8, 4) is 0 Å². The van der Waals surface area contributed by atoms with Gasteiger partial charge >= 0.3 is 0 Å². The molecule has 1 aliphatic carbocycles. The zero-order valence-corrected chi connectivity index (χ0v) is 13.6. The van der Waals surface area contributed by atoms with Crippen LogP contribution in [-0.4, -0.2) is 26.3 Å². The first-order chi connectivity index (χ1) is 10.4. The molecule has 3 rings (SSSR count). The molecule has 0 bridgehead atoms. The number of H-pyrrole nitrogens is 1. The highest BCUT2D eigenvalue weighted by atomic mass is 16.1. The predicted octanol–water partition coefficient (Wildman–Crippen LogP) is 2.87. The van der Waals surface area contributed by atoms with Gasteiger partial charge in [0.1, 0.15) is 5.39 Å². The molecule has 0 aromatic carbocycles. The van der Waals surface area contributed by atoms with Crippen molar-refractivity contribution < 1.29 is 0 Å². The van der Waals surface area contributed by atoms with Gasteiger partial charge in [-0.15, -0.1) is 0 Å². The molecular formula is C16H25N5O. The second-order valence-corrected chi connectivity index (χ2v) is 7.24. The smallest absolute Gasteiger partial charge is 0.263 e. The Morgan fingerprint density at radius 1 is 1.36 bits per heavy atom. The van der Waals surface area contributed by atoms with E-state index in [0.29, 0.717) is 17.0 Å². The number of aromatic nitrogens is 4. The summed E-state index contributed by atoms with van der Waals surface area (Å²) < 4.78 is 1.81. The van der Waals surface area contributed by atoms with Gasteiger partial charge in [0.2, 0.25) is 5.95 Å². The van der Waals surface area contributed by atoms with Gasteiger partial charge in [0.15, 0.2) is 5.65 Å². The van der Waals surface area contributed by atoms with Crippen LogP contribution in [-0.2, 0) is 5.54 Å². The van der Waals surface area contributed by atoms with Crippen molar-refractivity contribution >= 4 is 17.0 Å². The summed E-state index contributed by atoms with van der Waals surface area (Å²) in [5.74, 6) is 1.37. The van der Waals surface area contributed by atoms with Gasteiger partial charge < -0.3 is 5.32 Å². The second kappa shape index (κ2) is 5.74. The lowest BCUT2D eigenvalue weighted by atomic mass is 10.0. The molecular weight excluding hydrogens is 278 g/mol. The summed E-state index contributed by atoms with van der Waals surface area (Å²) in [6.45, 7) is 7.00. The largest absolute Gasteiger partial charge is 0.356 e. The molecule has 0 atom stereocenters. The predicted molar refractivity (Wildman–Crippen MR) is 88.2 cm³/mol. The topological polar surface area (TPSA) is 75.6 Å². The van der Waals surface area contributed by atoms with E-state index in [1.807, 2.05) is 0 Å². The second-order valence-electron chi connectivity index (χ2n) is 7.24. The number of hydrogen-bond donors (Lipinski definition) is 2. The van der Waals surface area contributed by atoms with Gasteiger partial charge in [0, 0.05) is 6.54 Å². The highest BCUT2D eigenvalue weighted by Crippen LogP contribution is 2.27. The fourth-order valence-electron chi connectivity index (χ4n) is 3.19. The van der Waals surface area contributed by atoms with E-state index < -0.39 is 0 Å². The molecule has 0 amide bonds. The zero-order chi connectivity index (χ0) is 15.7. The summed E-state index contributed by atoms with van der Waals surface area (Å²) in [7, 11) is 0. The summed E-state index contributed by atoms with van der Waals surface area (Å²) in [4.78, 5) is 19.5. The minimum Gasteiger partial charge on any atom is -0.356 e. The monoisotopic (exact) mass is 303 g/mol. The van der Waals surface area contributed by atoms with Crippen molar-refractivity contribution in [2.75, 3.05) is 11.9 Å². The summed E-state index contributed by atoms with van der Waals surface area (Å²) >= 11 is 0. The Hall–Kier alpha value is -1.85. The molecule has 6 heteroatoms. The average Bonchev–Trinajstić information content (AvgIpc) is 3.06. The van der Waals surface area contributed by atoms with E-state index in [1.165, 1.54) is 25.7 Å². The molecule has 1 aliphatic rings. The number of anilines is 1. The third-order valence-corrected chi connectivity index (χ3v) is 4.39. The fraction of sp³-hybridized carbons (Fsp3) is 0.688. The number of nitrogens with zero attached hydrogens (tertiary/aromatic N) is 3. The minimum atomic E-state index is -0.205. The summed E-state index contributed by atoms with van der Waals surface area (Å²) in [5, 5.41) is 8.12. The zero-order valence-electron chi connectivity index (χ0n) is 13.6. The normalized spacial score (nSPS) is 16.5. The van der Waals surface area contributed by atoms with Crippen LogP contribution in [0.2, 0.25) is 0 Å². The van der Waals surface area contributed by atoms with Crippen LogP contribution in [0.15, 0.2) is 11.0 Å². The lowest BCUT2D eigenvalue weighted by molar-refractivity contribution is 0.366. The molecule has 0 aliphatic heterocycles. The van der Waals surface area contributed by atoms with Gasteiger partial charge in [0.05, 0.1) is 11.7 Å². The van der Waals surface area contributed by atoms with Crippen molar-refractivity contribution in [1.29, 1.82) is 0 Å². The Bertz CT molecular complexity index is 703. The van der Waals surface area contributed by atoms with Crippen LogP contribution in [0.1, 0.15) is 52.9 Å². The highest BCUT2D eigenvalue weighted by molar-refractivity contribution is 5.74. The number of rotatable bonds is 4. The Labute approximate surface area is 130 Å². The maximum absolute atomic E-state index is 12.2. The first kappa shape index (κ1) is 15.1. The number of fused-ring (bicyclic) bond motifs is 1. The van der Waals surface area contributed by atoms with E-state index in [0.717, 1.165) is 18.9 Å². The van der Waals surface area contributed by atoms with Crippen LogP contribution in [0, 0.1) is 5.92 Å². The van der Waals surface area contributed by atoms with Gasteiger partial charge in [-0.05, 0) is 33.1 Å². The summed E-state index contributed by atoms with van der Waals surface area (Å²) in [6, 6.07) is 0. The van der Waals surface area contributed by atoms with Gasteiger partial charge in [-0.2, -0.15) is 10.1 Å². The first-order valence-corrected chi connectivity index (χ1v) is 8.17. The molecule has 2 aromatic rings. The van der Waals surface area contributed by atoms with Crippen molar-refractivity contribution in [1.82, 2.24) is 19.7 Å². The SMILES string of the molecule is CC(C)(C)n1ncc2c(=O)[nH]c(NCCC3CCCC3)nc21. The molecule has 2 N–H and O–H groups in total. The van der Waals surface area contributed by atoms with Crippen molar-refractivity contribution in [3.63, 3.8) is 0 Å². The van der Waals surface area contributed by atoms with Crippen LogP contribution >= 0.6 is 0 Å². The molecule has 0 saturated heterocycles. The van der Waals surface area contributed by atoms with Gasteiger partial charge in [-0.25, -0.2) is 4.68 Å². The Kier molecular flexibility index (Phi) is 3.93. The van der Waals surface area contributed by atoms with E-state index in [1.54, 1.807) is 10.9 Å². The van der Waals surface area contributed by atoms with Gasteiger partial charge in [-0.1, -0.05) is 25.7 Å². The molecule has 1 saturated carbocycles. The first-order valence-electron chi connectivity index (χ1n) is 8.17. The minimum absolute atomic E-state index is 0.135. The molecule has 0 radical (unpaired) electrons.